The molecule has 0 aliphatic heterocycles. The Morgan fingerprint density at radius 1 is 1.32 bits per heavy atom. The van der Waals surface area contributed by atoms with Crippen molar-refractivity contribution >= 4 is 5.91 Å². The topological polar surface area (TPSA) is 84.6 Å². The van der Waals surface area contributed by atoms with Crippen LogP contribution < -0.4 is 10.1 Å². The molecule has 1 heterocycles. The number of ether oxygens (including phenoxy) is 1. The first-order valence-electron chi connectivity index (χ1n) is 8.50. The summed E-state index contributed by atoms with van der Waals surface area (Å²) in [5, 5.41) is 16.5. The van der Waals surface area contributed by atoms with E-state index in [1.165, 1.54) is 0 Å². The summed E-state index contributed by atoms with van der Waals surface area (Å²) in [4.78, 5) is 12.4. The number of nitrogens with one attached hydrogen (secondary N) is 1. The minimum Gasteiger partial charge on any atom is -0.488 e. The molecule has 2 N–H and O–H groups in total. The molecule has 0 aliphatic rings. The summed E-state index contributed by atoms with van der Waals surface area (Å²) in [5.74, 6) is 1.17. The molecule has 1 atom stereocenters. The van der Waals surface area contributed by atoms with Gasteiger partial charge in [-0.25, -0.2) is 0 Å². The van der Waals surface area contributed by atoms with Gasteiger partial charge in [-0.3, -0.25) is 4.79 Å². The van der Waals surface area contributed by atoms with E-state index in [4.69, 9.17) is 9.26 Å². The highest BCUT2D eigenvalue weighted by molar-refractivity contribution is 5.96. The van der Waals surface area contributed by atoms with Crippen molar-refractivity contribution in [3.8, 4) is 5.75 Å². The molecule has 1 aromatic heterocycles. The summed E-state index contributed by atoms with van der Waals surface area (Å²) in [5.41, 5.74) is 2.13. The first kappa shape index (κ1) is 19.0. The Morgan fingerprint density at radius 2 is 2.04 bits per heavy atom. The van der Waals surface area contributed by atoms with Gasteiger partial charge in [0.05, 0.1) is 22.9 Å². The van der Waals surface area contributed by atoms with E-state index in [9.17, 15) is 9.90 Å². The third kappa shape index (κ3) is 5.06. The van der Waals surface area contributed by atoms with Gasteiger partial charge in [-0.2, -0.15) is 0 Å². The van der Waals surface area contributed by atoms with Crippen LogP contribution in [0, 0.1) is 19.8 Å². The molecule has 136 valence electrons. The van der Waals surface area contributed by atoms with Gasteiger partial charge in [0, 0.05) is 6.54 Å². The van der Waals surface area contributed by atoms with Crippen molar-refractivity contribution in [2.75, 3.05) is 6.54 Å². The SMILES string of the molecule is Cc1noc(C)c1COc1ccccc1C(=O)NCCC(O)C(C)C. The van der Waals surface area contributed by atoms with Crippen LogP contribution >= 0.6 is 0 Å². The van der Waals surface area contributed by atoms with Crippen LogP contribution in [0.3, 0.4) is 0 Å². The molecule has 0 fully saturated rings. The maximum Gasteiger partial charge on any atom is 0.255 e. The Labute approximate surface area is 148 Å². The number of carbonyl (C=O) groups is 1. The predicted molar refractivity (Wildman–Crippen MR) is 94.5 cm³/mol. The zero-order valence-corrected chi connectivity index (χ0v) is 15.2. The van der Waals surface area contributed by atoms with Crippen LogP contribution in [0.2, 0.25) is 0 Å². The minimum atomic E-state index is -0.425. The van der Waals surface area contributed by atoms with Gasteiger partial charge in [-0.15, -0.1) is 0 Å². The van der Waals surface area contributed by atoms with Crippen molar-refractivity contribution < 1.29 is 19.2 Å². The van der Waals surface area contributed by atoms with Crippen molar-refractivity contribution in [1.82, 2.24) is 10.5 Å². The van der Waals surface area contributed by atoms with Crippen LogP contribution in [0.25, 0.3) is 0 Å². The molecule has 1 aromatic carbocycles. The normalized spacial score (nSPS) is 12.2. The number of aryl methyl sites for hydroxylation is 2. The average Bonchev–Trinajstić information content (AvgIpc) is 2.91. The Bertz CT molecular complexity index is 690. The second-order valence-corrected chi connectivity index (χ2v) is 6.44. The summed E-state index contributed by atoms with van der Waals surface area (Å²) in [6, 6.07) is 7.09. The molecular formula is C19H26N2O4. The summed E-state index contributed by atoms with van der Waals surface area (Å²) >= 11 is 0. The molecule has 2 rings (SSSR count). The Kier molecular flexibility index (Phi) is 6.58. The zero-order valence-electron chi connectivity index (χ0n) is 15.2. The Hall–Kier alpha value is -2.34. The molecule has 1 unspecified atom stereocenters. The molecule has 6 nitrogen and oxygen atoms in total. The van der Waals surface area contributed by atoms with Gasteiger partial charge in [-0.1, -0.05) is 31.1 Å². The zero-order chi connectivity index (χ0) is 18.4. The molecular weight excluding hydrogens is 320 g/mol. The molecule has 6 heteroatoms. The number of para-hydroxylation sites is 1. The maximum atomic E-state index is 12.4. The average molecular weight is 346 g/mol. The number of hydrogen-bond acceptors (Lipinski definition) is 5. The first-order chi connectivity index (χ1) is 11.9. The van der Waals surface area contributed by atoms with Gasteiger partial charge in [0.25, 0.3) is 5.91 Å². The van der Waals surface area contributed by atoms with Crippen molar-refractivity contribution in [2.24, 2.45) is 5.92 Å². The van der Waals surface area contributed by atoms with Gasteiger partial charge in [-0.05, 0) is 38.3 Å². The first-order valence-corrected chi connectivity index (χ1v) is 8.50. The van der Waals surface area contributed by atoms with Crippen LogP contribution in [-0.4, -0.2) is 28.8 Å². The van der Waals surface area contributed by atoms with Crippen LogP contribution in [0.15, 0.2) is 28.8 Å². The lowest BCUT2D eigenvalue weighted by Gasteiger charge is -2.15. The largest absolute Gasteiger partial charge is 0.488 e. The fourth-order valence-corrected chi connectivity index (χ4v) is 2.40. The van der Waals surface area contributed by atoms with Crippen LogP contribution in [-0.2, 0) is 6.61 Å². The second-order valence-electron chi connectivity index (χ2n) is 6.44. The summed E-state index contributed by atoms with van der Waals surface area (Å²) in [6.07, 6.45) is 0.0947. The molecule has 2 aromatic rings. The standard InChI is InChI=1S/C19H26N2O4/c1-12(2)17(22)9-10-20-19(23)15-7-5-6-8-18(15)24-11-16-13(3)21-25-14(16)4/h5-8,12,17,22H,9-11H2,1-4H3,(H,20,23). The summed E-state index contributed by atoms with van der Waals surface area (Å²) in [6.45, 7) is 8.29. The van der Waals surface area contributed by atoms with E-state index in [2.05, 4.69) is 10.5 Å². The van der Waals surface area contributed by atoms with Gasteiger partial charge in [0.1, 0.15) is 18.1 Å². The Morgan fingerprint density at radius 3 is 2.68 bits per heavy atom. The number of nitrogens with zero attached hydrogens (tertiary/aromatic N) is 1. The fraction of sp³-hybridized carbons (Fsp3) is 0.474. The van der Waals surface area contributed by atoms with Crippen LogP contribution in [0.1, 0.15) is 47.6 Å². The molecule has 0 saturated carbocycles. The number of benzene rings is 1. The van der Waals surface area contributed by atoms with Crippen molar-refractivity contribution in [3.63, 3.8) is 0 Å². The smallest absolute Gasteiger partial charge is 0.255 e. The maximum absolute atomic E-state index is 12.4. The summed E-state index contributed by atoms with van der Waals surface area (Å²) in [7, 11) is 0. The van der Waals surface area contributed by atoms with E-state index in [0.717, 1.165) is 11.3 Å². The van der Waals surface area contributed by atoms with E-state index in [-0.39, 0.29) is 18.4 Å². The number of aromatic nitrogens is 1. The van der Waals surface area contributed by atoms with E-state index < -0.39 is 6.10 Å². The van der Waals surface area contributed by atoms with Crippen LogP contribution in [0.4, 0.5) is 0 Å². The molecule has 0 spiro atoms. The lowest BCUT2D eigenvalue weighted by Crippen LogP contribution is -2.29. The van der Waals surface area contributed by atoms with Crippen molar-refractivity contribution in [2.45, 2.75) is 46.8 Å². The van der Waals surface area contributed by atoms with Gasteiger partial charge < -0.3 is 19.7 Å². The quantitative estimate of drug-likeness (QED) is 0.767. The van der Waals surface area contributed by atoms with Gasteiger partial charge in [0.2, 0.25) is 0 Å². The predicted octanol–water partition coefficient (Wildman–Crippen LogP) is 3.01. The number of hydrogen-bond donors (Lipinski definition) is 2. The number of rotatable bonds is 8. The lowest BCUT2D eigenvalue weighted by atomic mass is 10.0. The minimum absolute atomic E-state index is 0.169. The lowest BCUT2D eigenvalue weighted by molar-refractivity contribution is 0.0916. The molecule has 25 heavy (non-hydrogen) atoms. The summed E-state index contributed by atoms with van der Waals surface area (Å²) < 4.78 is 10.9. The van der Waals surface area contributed by atoms with E-state index >= 15 is 0 Å². The Balaban J connectivity index is 1.98. The van der Waals surface area contributed by atoms with Crippen LogP contribution in [0.5, 0.6) is 5.75 Å². The van der Waals surface area contributed by atoms with Gasteiger partial charge in [0.15, 0.2) is 0 Å². The molecule has 0 aliphatic carbocycles. The number of amides is 1. The van der Waals surface area contributed by atoms with E-state index in [1.54, 1.807) is 18.2 Å². The highest BCUT2D eigenvalue weighted by Gasteiger charge is 2.15. The van der Waals surface area contributed by atoms with E-state index in [0.29, 0.717) is 30.0 Å². The van der Waals surface area contributed by atoms with Crippen molar-refractivity contribution in [1.29, 1.82) is 0 Å². The third-order valence-electron chi connectivity index (χ3n) is 4.18. The fourth-order valence-electron chi connectivity index (χ4n) is 2.40. The molecule has 0 radical (unpaired) electrons. The second kappa shape index (κ2) is 8.67. The van der Waals surface area contributed by atoms with Gasteiger partial charge >= 0.3 is 0 Å². The monoisotopic (exact) mass is 346 g/mol. The highest BCUT2D eigenvalue weighted by atomic mass is 16.5. The van der Waals surface area contributed by atoms with E-state index in [1.807, 2.05) is 33.8 Å². The molecule has 0 saturated heterocycles. The molecule has 0 bridgehead atoms. The molecule has 1 amide bonds. The third-order valence-corrected chi connectivity index (χ3v) is 4.18. The van der Waals surface area contributed by atoms with Crippen molar-refractivity contribution in [3.05, 3.63) is 46.8 Å². The number of carbonyl (C=O) groups excluding carboxylic acids is 1. The highest BCUT2D eigenvalue weighted by Crippen LogP contribution is 2.21. The number of aliphatic hydroxyl groups is 1. The number of aliphatic hydroxyl groups excluding tert-OH is 1.